The van der Waals surface area contributed by atoms with Gasteiger partial charge >= 0.3 is 0 Å². The highest BCUT2D eigenvalue weighted by molar-refractivity contribution is 5.39. The first-order valence-electron chi connectivity index (χ1n) is 6.24. The van der Waals surface area contributed by atoms with Crippen molar-refractivity contribution in [3.8, 4) is 0 Å². The monoisotopic (exact) mass is 223 g/mol. The van der Waals surface area contributed by atoms with Gasteiger partial charge in [0.15, 0.2) is 0 Å². The maximum absolute atomic E-state index is 4.18. The molecule has 1 radical (unpaired) electrons. The Bertz CT molecular complexity index is 396. The summed E-state index contributed by atoms with van der Waals surface area (Å²) in [5, 5.41) is 0. The quantitative estimate of drug-likeness (QED) is 0.710. The summed E-state index contributed by atoms with van der Waals surface area (Å²) in [7, 11) is 0. The van der Waals surface area contributed by atoms with Crippen molar-refractivity contribution >= 4 is 0 Å². The molecule has 0 heteroatoms. The third kappa shape index (κ3) is 2.12. The van der Waals surface area contributed by atoms with Crippen molar-refractivity contribution in [1.82, 2.24) is 0 Å². The topological polar surface area (TPSA) is 0 Å². The highest BCUT2D eigenvalue weighted by Gasteiger charge is 2.29. The molecule has 0 saturated heterocycles. The lowest BCUT2D eigenvalue weighted by Gasteiger charge is -2.33. The lowest BCUT2D eigenvalue weighted by atomic mass is 9.71. The van der Waals surface area contributed by atoms with Crippen LogP contribution in [0.2, 0.25) is 0 Å². The zero-order valence-corrected chi connectivity index (χ0v) is 10.4. The van der Waals surface area contributed by atoms with Crippen LogP contribution in [0.15, 0.2) is 60.7 Å². The van der Waals surface area contributed by atoms with Crippen molar-refractivity contribution in [3.63, 3.8) is 0 Å². The largest absolute Gasteiger partial charge is 0.0642 e. The molecule has 0 saturated carbocycles. The Balaban J connectivity index is 2.54. The second kappa shape index (κ2) is 5.18. The molecule has 0 aliphatic rings. The molecule has 0 nitrogen and oxygen atoms in total. The lowest BCUT2D eigenvalue weighted by Crippen LogP contribution is -2.25. The molecule has 17 heavy (non-hydrogen) atoms. The van der Waals surface area contributed by atoms with E-state index in [2.05, 4.69) is 74.5 Å². The van der Waals surface area contributed by atoms with E-state index in [-0.39, 0.29) is 5.41 Å². The van der Waals surface area contributed by atoms with Crippen LogP contribution in [0.4, 0.5) is 0 Å². The molecule has 0 unspecified atom stereocenters. The molecule has 0 heterocycles. The van der Waals surface area contributed by atoms with Gasteiger partial charge in [0.2, 0.25) is 0 Å². The van der Waals surface area contributed by atoms with Gasteiger partial charge < -0.3 is 0 Å². The number of benzene rings is 2. The fourth-order valence-corrected chi connectivity index (χ4v) is 2.55. The molecule has 2 aromatic carbocycles. The Hall–Kier alpha value is -1.56. The lowest BCUT2D eigenvalue weighted by molar-refractivity contribution is 0.500. The van der Waals surface area contributed by atoms with Gasteiger partial charge in [-0.2, -0.15) is 0 Å². The molecule has 0 atom stereocenters. The van der Waals surface area contributed by atoms with Crippen molar-refractivity contribution in [2.45, 2.75) is 25.2 Å². The van der Waals surface area contributed by atoms with Crippen molar-refractivity contribution < 1.29 is 0 Å². The van der Waals surface area contributed by atoms with E-state index in [0.717, 1.165) is 12.8 Å². The van der Waals surface area contributed by atoms with Crippen molar-refractivity contribution in [2.24, 2.45) is 0 Å². The van der Waals surface area contributed by atoms with Crippen LogP contribution in [0.25, 0.3) is 0 Å². The predicted molar refractivity (Wildman–Crippen MR) is 73.9 cm³/mol. The van der Waals surface area contributed by atoms with Gasteiger partial charge in [0, 0.05) is 5.41 Å². The first-order chi connectivity index (χ1) is 8.33. The molecule has 0 bridgehead atoms. The highest BCUT2D eigenvalue weighted by Crippen LogP contribution is 2.38. The third-order valence-corrected chi connectivity index (χ3v) is 3.68. The van der Waals surface area contributed by atoms with Gasteiger partial charge in [-0.1, -0.05) is 74.5 Å². The van der Waals surface area contributed by atoms with E-state index >= 15 is 0 Å². The van der Waals surface area contributed by atoms with Crippen LogP contribution in [0, 0.1) is 6.92 Å². The maximum atomic E-state index is 4.18. The number of hydrogen-bond donors (Lipinski definition) is 0. The summed E-state index contributed by atoms with van der Waals surface area (Å²) in [6.07, 6.45) is 1.96. The average Bonchev–Trinajstić information content (AvgIpc) is 2.43. The SMILES string of the molecule is [CH2]CC(CC)(c1ccccc1)c1ccccc1. The Morgan fingerprint density at radius 3 is 1.53 bits per heavy atom. The van der Waals surface area contributed by atoms with Crippen LogP contribution in [-0.2, 0) is 5.41 Å². The van der Waals surface area contributed by atoms with Crippen LogP contribution in [0.5, 0.6) is 0 Å². The van der Waals surface area contributed by atoms with E-state index in [9.17, 15) is 0 Å². The smallest absolute Gasteiger partial charge is 0.0200 e. The second-order valence-corrected chi connectivity index (χ2v) is 4.42. The molecule has 0 aliphatic heterocycles. The predicted octanol–water partition coefficient (Wildman–Crippen LogP) is 4.61. The molecule has 0 N–H and O–H groups in total. The zero-order valence-electron chi connectivity index (χ0n) is 10.4. The first kappa shape index (κ1) is 11.9. The highest BCUT2D eigenvalue weighted by atomic mass is 14.3. The van der Waals surface area contributed by atoms with E-state index in [4.69, 9.17) is 0 Å². The van der Waals surface area contributed by atoms with E-state index in [0.29, 0.717) is 0 Å². The van der Waals surface area contributed by atoms with Gasteiger partial charge in [0.1, 0.15) is 0 Å². The molecule has 0 fully saturated rings. The van der Waals surface area contributed by atoms with E-state index < -0.39 is 0 Å². The van der Waals surface area contributed by atoms with Gasteiger partial charge in [-0.25, -0.2) is 0 Å². The van der Waals surface area contributed by atoms with Gasteiger partial charge in [0.25, 0.3) is 0 Å². The Kier molecular flexibility index (Phi) is 3.63. The minimum atomic E-state index is 0.0581. The second-order valence-electron chi connectivity index (χ2n) is 4.42. The summed E-state index contributed by atoms with van der Waals surface area (Å²) in [5.41, 5.74) is 2.79. The zero-order chi connectivity index (χ0) is 12.1. The molecule has 0 amide bonds. The van der Waals surface area contributed by atoms with Gasteiger partial charge in [-0.3, -0.25) is 0 Å². The van der Waals surface area contributed by atoms with Crippen molar-refractivity contribution in [3.05, 3.63) is 78.7 Å². The molecule has 2 aromatic rings. The third-order valence-electron chi connectivity index (χ3n) is 3.68. The molecular weight excluding hydrogens is 204 g/mol. The Labute approximate surface area is 104 Å². The fraction of sp³-hybridized carbons (Fsp3) is 0.235. The van der Waals surface area contributed by atoms with Crippen LogP contribution < -0.4 is 0 Å². The first-order valence-corrected chi connectivity index (χ1v) is 6.24. The summed E-state index contributed by atoms with van der Waals surface area (Å²) < 4.78 is 0. The summed E-state index contributed by atoms with van der Waals surface area (Å²) in [5.74, 6) is 0. The summed E-state index contributed by atoms with van der Waals surface area (Å²) in [4.78, 5) is 0. The van der Waals surface area contributed by atoms with E-state index in [1.807, 2.05) is 0 Å². The van der Waals surface area contributed by atoms with Gasteiger partial charge in [-0.15, -0.1) is 0 Å². The summed E-state index contributed by atoms with van der Waals surface area (Å²) in [6.45, 7) is 6.42. The van der Waals surface area contributed by atoms with E-state index in [1.165, 1.54) is 11.1 Å². The molecule has 0 aromatic heterocycles. The average molecular weight is 223 g/mol. The standard InChI is InChI=1S/C17H19/c1-3-17(4-2,15-11-7-5-8-12-15)16-13-9-6-10-14-16/h5-14H,1,3-4H2,2H3. The van der Waals surface area contributed by atoms with Crippen LogP contribution in [-0.4, -0.2) is 0 Å². The molecule has 0 aliphatic carbocycles. The van der Waals surface area contributed by atoms with Crippen LogP contribution in [0.1, 0.15) is 30.9 Å². The Morgan fingerprint density at radius 1 is 0.824 bits per heavy atom. The van der Waals surface area contributed by atoms with E-state index in [1.54, 1.807) is 0 Å². The van der Waals surface area contributed by atoms with Gasteiger partial charge in [-0.05, 0) is 24.0 Å². The maximum Gasteiger partial charge on any atom is 0.0200 e. The minimum absolute atomic E-state index is 0.0581. The minimum Gasteiger partial charge on any atom is -0.0642 e. The van der Waals surface area contributed by atoms with Crippen molar-refractivity contribution in [2.75, 3.05) is 0 Å². The Morgan fingerprint density at radius 2 is 1.24 bits per heavy atom. The molecular formula is C17H19. The molecule has 2 rings (SSSR count). The summed E-state index contributed by atoms with van der Waals surface area (Å²) in [6, 6.07) is 21.4. The van der Waals surface area contributed by atoms with Gasteiger partial charge in [0.05, 0.1) is 0 Å². The number of hydrogen-bond acceptors (Lipinski definition) is 0. The van der Waals surface area contributed by atoms with Crippen molar-refractivity contribution in [1.29, 1.82) is 0 Å². The summed E-state index contributed by atoms with van der Waals surface area (Å²) >= 11 is 0. The molecule has 87 valence electrons. The number of rotatable bonds is 4. The van der Waals surface area contributed by atoms with Crippen LogP contribution in [0.3, 0.4) is 0 Å². The molecule has 0 spiro atoms. The normalized spacial score (nSPS) is 11.4. The van der Waals surface area contributed by atoms with Crippen LogP contribution >= 0.6 is 0 Å². The fourth-order valence-electron chi connectivity index (χ4n) is 2.55.